The molecule has 3 aromatic rings. The third kappa shape index (κ3) is 3.79. The van der Waals surface area contributed by atoms with Gasteiger partial charge in [-0.2, -0.15) is 10.1 Å². The van der Waals surface area contributed by atoms with Gasteiger partial charge in [0.2, 0.25) is 5.91 Å². The highest BCUT2D eigenvalue weighted by Gasteiger charge is 2.20. The first kappa shape index (κ1) is 18.5. The average molecular weight is 367 g/mol. The van der Waals surface area contributed by atoms with Crippen LogP contribution < -0.4 is 16.6 Å². The zero-order valence-electron chi connectivity index (χ0n) is 15.4. The Labute approximate surface area is 155 Å². The van der Waals surface area contributed by atoms with E-state index in [0.29, 0.717) is 28.7 Å². The lowest BCUT2D eigenvalue weighted by Gasteiger charge is -2.14. The van der Waals surface area contributed by atoms with Gasteiger partial charge in [0.1, 0.15) is 0 Å². The normalized spacial score (nSPS) is 12.1. The van der Waals surface area contributed by atoms with Crippen molar-refractivity contribution >= 4 is 16.7 Å². The maximum Gasteiger partial charge on any atom is 0.348 e. The van der Waals surface area contributed by atoms with Gasteiger partial charge in [-0.05, 0) is 32.9 Å². The molecule has 0 aliphatic heterocycles. The van der Waals surface area contributed by atoms with Gasteiger partial charge < -0.3 is 5.32 Å². The second-order valence-corrected chi connectivity index (χ2v) is 6.47. The maximum absolute atomic E-state index is 12.5. The Hall–Kier alpha value is -3.29. The minimum absolute atomic E-state index is 0.231. The molecule has 0 unspecified atom stereocenters. The number of amides is 1. The highest BCUT2D eigenvalue weighted by atomic mass is 16.2. The summed E-state index contributed by atoms with van der Waals surface area (Å²) < 4.78 is 1.52. The zero-order valence-corrected chi connectivity index (χ0v) is 15.4. The van der Waals surface area contributed by atoms with E-state index in [1.807, 2.05) is 13.0 Å². The van der Waals surface area contributed by atoms with E-state index in [9.17, 15) is 14.4 Å². The van der Waals surface area contributed by atoms with Crippen molar-refractivity contribution in [3.05, 3.63) is 68.3 Å². The molecule has 0 aliphatic rings. The van der Waals surface area contributed by atoms with Crippen LogP contribution in [0.2, 0.25) is 0 Å². The van der Waals surface area contributed by atoms with Crippen LogP contribution in [-0.2, 0) is 11.3 Å². The Morgan fingerprint density at radius 3 is 2.63 bits per heavy atom. The summed E-state index contributed by atoms with van der Waals surface area (Å²) in [5.74, 6) is -0.786. The number of H-pyrrole nitrogens is 1. The molecule has 0 fully saturated rings. The number of benzene rings is 1. The SMILES string of the molecule is Cc1cc(C)n(CCNC(=O)[C@H](C)c2n[nH]c(=O)c3ccccc23)c(=O)n1. The second kappa shape index (κ2) is 7.53. The third-order valence-electron chi connectivity index (χ3n) is 4.51. The Morgan fingerprint density at radius 2 is 1.93 bits per heavy atom. The van der Waals surface area contributed by atoms with Crippen molar-refractivity contribution in [2.24, 2.45) is 0 Å². The lowest BCUT2D eigenvalue weighted by molar-refractivity contribution is -0.122. The van der Waals surface area contributed by atoms with Crippen molar-refractivity contribution in [3.8, 4) is 0 Å². The second-order valence-electron chi connectivity index (χ2n) is 6.47. The van der Waals surface area contributed by atoms with E-state index in [1.54, 1.807) is 38.1 Å². The summed E-state index contributed by atoms with van der Waals surface area (Å²) >= 11 is 0. The van der Waals surface area contributed by atoms with Crippen molar-refractivity contribution in [1.29, 1.82) is 0 Å². The molecule has 0 saturated carbocycles. The van der Waals surface area contributed by atoms with Gasteiger partial charge in [-0.3, -0.25) is 14.2 Å². The number of aromatic nitrogens is 4. The van der Waals surface area contributed by atoms with Gasteiger partial charge in [0.15, 0.2) is 0 Å². The summed E-state index contributed by atoms with van der Waals surface area (Å²) in [5, 5.41) is 10.5. The van der Waals surface area contributed by atoms with Gasteiger partial charge in [0.05, 0.1) is 17.0 Å². The zero-order chi connectivity index (χ0) is 19.6. The Kier molecular flexibility index (Phi) is 5.16. The molecule has 8 nitrogen and oxygen atoms in total. The number of aryl methyl sites for hydroxylation is 2. The van der Waals surface area contributed by atoms with Crippen LogP contribution in [0.5, 0.6) is 0 Å². The first-order chi connectivity index (χ1) is 12.9. The smallest absolute Gasteiger partial charge is 0.348 e. The lowest BCUT2D eigenvalue weighted by Crippen LogP contribution is -2.35. The molecule has 1 amide bonds. The minimum Gasteiger partial charge on any atom is -0.354 e. The number of nitrogens with zero attached hydrogens (tertiary/aromatic N) is 3. The summed E-state index contributed by atoms with van der Waals surface area (Å²) in [6.45, 7) is 5.94. The van der Waals surface area contributed by atoms with E-state index >= 15 is 0 Å². The molecule has 0 radical (unpaired) electrons. The summed E-state index contributed by atoms with van der Waals surface area (Å²) in [7, 11) is 0. The number of fused-ring (bicyclic) bond motifs is 1. The van der Waals surface area contributed by atoms with Crippen molar-refractivity contribution in [1.82, 2.24) is 25.1 Å². The number of hydrogen-bond acceptors (Lipinski definition) is 5. The Bertz CT molecular complexity index is 1120. The Balaban J connectivity index is 1.73. The fourth-order valence-corrected chi connectivity index (χ4v) is 3.08. The van der Waals surface area contributed by atoms with Crippen LogP contribution in [0.15, 0.2) is 39.9 Å². The number of nitrogens with one attached hydrogen (secondary N) is 2. The standard InChI is InChI=1S/C19H21N5O3/c1-11-10-12(2)24(19(27)21-11)9-8-20-17(25)13(3)16-14-6-4-5-7-15(14)18(26)23-22-16/h4-7,10,13H,8-9H2,1-3H3,(H,20,25)(H,23,26)/t13-/m1/s1. The van der Waals surface area contributed by atoms with Crippen molar-refractivity contribution in [2.75, 3.05) is 6.54 Å². The van der Waals surface area contributed by atoms with Crippen LogP contribution in [0.4, 0.5) is 0 Å². The average Bonchev–Trinajstić information content (AvgIpc) is 2.63. The summed E-state index contributed by atoms with van der Waals surface area (Å²) in [5.41, 5.74) is 1.35. The lowest BCUT2D eigenvalue weighted by atomic mass is 10.0. The topological polar surface area (TPSA) is 110 Å². The molecular weight excluding hydrogens is 346 g/mol. The van der Waals surface area contributed by atoms with Crippen LogP contribution in [0.3, 0.4) is 0 Å². The molecule has 0 spiro atoms. The van der Waals surface area contributed by atoms with E-state index in [4.69, 9.17) is 0 Å². The van der Waals surface area contributed by atoms with E-state index in [-0.39, 0.29) is 23.7 Å². The maximum atomic E-state index is 12.5. The van der Waals surface area contributed by atoms with Gasteiger partial charge in [-0.25, -0.2) is 9.89 Å². The Morgan fingerprint density at radius 1 is 1.22 bits per heavy atom. The van der Waals surface area contributed by atoms with Crippen LogP contribution in [0.1, 0.15) is 29.9 Å². The number of carbonyl (C=O) groups excluding carboxylic acids is 1. The van der Waals surface area contributed by atoms with Crippen LogP contribution in [0.25, 0.3) is 10.8 Å². The predicted molar refractivity (Wildman–Crippen MR) is 102 cm³/mol. The molecule has 2 heterocycles. The van der Waals surface area contributed by atoms with E-state index in [1.165, 1.54) is 4.57 Å². The highest BCUT2D eigenvalue weighted by Crippen LogP contribution is 2.20. The van der Waals surface area contributed by atoms with Crippen molar-refractivity contribution < 1.29 is 4.79 Å². The molecule has 2 aromatic heterocycles. The van der Waals surface area contributed by atoms with Crippen molar-refractivity contribution in [2.45, 2.75) is 33.2 Å². The van der Waals surface area contributed by atoms with Crippen LogP contribution in [0, 0.1) is 13.8 Å². The summed E-state index contributed by atoms with van der Waals surface area (Å²) in [6.07, 6.45) is 0. The molecule has 0 saturated heterocycles. The largest absolute Gasteiger partial charge is 0.354 e. The number of rotatable bonds is 5. The molecular formula is C19H21N5O3. The van der Waals surface area contributed by atoms with Crippen molar-refractivity contribution in [3.63, 3.8) is 0 Å². The fourth-order valence-electron chi connectivity index (χ4n) is 3.08. The monoisotopic (exact) mass is 367 g/mol. The van der Waals surface area contributed by atoms with E-state index in [2.05, 4.69) is 20.5 Å². The van der Waals surface area contributed by atoms with Gasteiger partial charge in [0.25, 0.3) is 5.56 Å². The molecule has 2 N–H and O–H groups in total. The van der Waals surface area contributed by atoms with E-state index < -0.39 is 5.92 Å². The van der Waals surface area contributed by atoms with Gasteiger partial charge in [0, 0.05) is 29.9 Å². The number of hydrogen-bond donors (Lipinski definition) is 2. The van der Waals surface area contributed by atoms with Gasteiger partial charge in [-0.15, -0.1) is 0 Å². The van der Waals surface area contributed by atoms with Gasteiger partial charge in [-0.1, -0.05) is 18.2 Å². The van der Waals surface area contributed by atoms with Gasteiger partial charge >= 0.3 is 5.69 Å². The number of carbonyl (C=O) groups is 1. The number of aromatic amines is 1. The first-order valence-corrected chi connectivity index (χ1v) is 8.68. The molecule has 8 heteroatoms. The highest BCUT2D eigenvalue weighted by molar-refractivity contribution is 5.90. The first-order valence-electron chi connectivity index (χ1n) is 8.68. The molecule has 1 atom stereocenters. The molecule has 0 bridgehead atoms. The molecule has 0 aliphatic carbocycles. The fraction of sp³-hybridized carbons (Fsp3) is 0.316. The van der Waals surface area contributed by atoms with Crippen LogP contribution >= 0.6 is 0 Å². The van der Waals surface area contributed by atoms with Crippen LogP contribution in [-0.4, -0.2) is 32.2 Å². The summed E-state index contributed by atoms with van der Waals surface area (Å²) in [6, 6.07) is 8.86. The third-order valence-corrected chi connectivity index (χ3v) is 4.51. The molecule has 27 heavy (non-hydrogen) atoms. The summed E-state index contributed by atoms with van der Waals surface area (Å²) in [4.78, 5) is 40.3. The predicted octanol–water partition coefficient (Wildman–Crippen LogP) is 1.02. The van der Waals surface area contributed by atoms with E-state index in [0.717, 1.165) is 5.69 Å². The molecule has 1 aromatic carbocycles. The quantitative estimate of drug-likeness (QED) is 0.700. The minimum atomic E-state index is -0.555. The molecule has 3 rings (SSSR count). The molecule has 140 valence electrons.